The molecule has 3 aromatic carbocycles. The minimum atomic E-state index is 0.0801. The lowest BCUT2D eigenvalue weighted by Gasteiger charge is -2.33. The molecule has 1 aliphatic rings. The summed E-state index contributed by atoms with van der Waals surface area (Å²) in [5.41, 5.74) is 8.61. The van der Waals surface area contributed by atoms with Crippen molar-refractivity contribution in [1.29, 1.82) is 0 Å². The number of rotatable bonds is 15. The van der Waals surface area contributed by atoms with E-state index in [2.05, 4.69) is 118 Å². The number of allylic oxidation sites excluding steroid dienone is 2. The number of hydrogen-bond donors (Lipinski definition) is 0. The van der Waals surface area contributed by atoms with Crippen molar-refractivity contribution in [3.05, 3.63) is 106 Å². The van der Waals surface area contributed by atoms with Gasteiger partial charge in [-0.2, -0.15) is 0 Å². The van der Waals surface area contributed by atoms with Gasteiger partial charge in [-0.25, -0.2) is 0 Å². The summed E-state index contributed by atoms with van der Waals surface area (Å²) < 4.78 is 2.31. The highest BCUT2D eigenvalue weighted by atomic mass is 79.9. The van der Waals surface area contributed by atoms with Crippen LogP contribution in [-0.2, 0) is 5.41 Å². The fraction of sp³-hybridized carbons (Fsp3) is 0.371. The standard InChI is InChI=1S/C35H40Br2/c1-3-5-7-9-11-13-23-35(24-14-12-10-8-6-4-2)33-25-28(27-15-18-29(36)19-16-27)17-21-31(33)32-22-20-30(37)26-34(32)35/h3-4,15-22,25-26H,1-2,5-14,23-24H2. The topological polar surface area (TPSA) is 0 Å². The molecule has 3 aromatic rings. The highest BCUT2D eigenvalue weighted by molar-refractivity contribution is 9.10. The molecular formula is C35H40Br2. The normalized spacial score (nSPS) is 13.2. The van der Waals surface area contributed by atoms with Gasteiger partial charge in [0, 0.05) is 14.4 Å². The third kappa shape index (κ3) is 6.76. The van der Waals surface area contributed by atoms with Gasteiger partial charge in [0.2, 0.25) is 0 Å². The van der Waals surface area contributed by atoms with Crippen molar-refractivity contribution < 1.29 is 0 Å². The predicted octanol–water partition coefficient (Wildman–Crippen LogP) is 12.2. The molecule has 0 unspecified atom stereocenters. The zero-order valence-electron chi connectivity index (χ0n) is 22.1. The van der Waals surface area contributed by atoms with Gasteiger partial charge in [0.25, 0.3) is 0 Å². The molecule has 4 rings (SSSR count). The summed E-state index contributed by atoms with van der Waals surface area (Å²) in [4.78, 5) is 0. The van der Waals surface area contributed by atoms with Crippen molar-refractivity contribution >= 4 is 31.9 Å². The van der Waals surface area contributed by atoms with Crippen LogP contribution in [0.2, 0.25) is 0 Å². The molecule has 37 heavy (non-hydrogen) atoms. The van der Waals surface area contributed by atoms with Gasteiger partial charge in [-0.1, -0.05) is 113 Å². The third-order valence-electron chi connectivity index (χ3n) is 8.02. The number of halogens is 2. The van der Waals surface area contributed by atoms with Crippen LogP contribution in [-0.4, -0.2) is 0 Å². The number of hydrogen-bond acceptors (Lipinski definition) is 0. The average molecular weight is 621 g/mol. The zero-order valence-corrected chi connectivity index (χ0v) is 25.3. The molecule has 0 spiro atoms. The van der Waals surface area contributed by atoms with Gasteiger partial charge in [-0.3, -0.25) is 0 Å². The molecular weight excluding hydrogens is 580 g/mol. The molecule has 0 atom stereocenters. The third-order valence-corrected chi connectivity index (χ3v) is 9.05. The van der Waals surface area contributed by atoms with Crippen LogP contribution in [0.3, 0.4) is 0 Å². The van der Waals surface area contributed by atoms with E-state index in [0.717, 1.165) is 17.3 Å². The summed E-state index contributed by atoms with van der Waals surface area (Å²) in [5, 5.41) is 0. The molecule has 0 saturated carbocycles. The molecule has 0 heterocycles. The van der Waals surface area contributed by atoms with Crippen LogP contribution in [0.25, 0.3) is 22.3 Å². The van der Waals surface area contributed by atoms with E-state index >= 15 is 0 Å². The van der Waals surface area contributed by atoms with Gasteiger partial charge >= 0.3 is 0 Å². The van der Waals surface area contributed by atoms with Crippen LogP contribution in [0.1, 0.15) is 88.2 Å². The van der Waals surface area contributed by atoms with Gasteiger partial charge in [0.1, 0.15) is 0 Å². The van der Waals surface area contributed by atoms with E-state index in [4.69, 9.17) is 0 Å². The first-order valence-corrected chi connectivity index (χ1v) is 15.6. The monoisotopic (exact) mass is 618 g/mol. The summed E-state index contributed by atoms with van der Waals surface area (Å²) in [6.07, 6.45) is 19.0. The van der Waals surface area contributed by atoms with E-state index in [-0.39, 0.29) is 5.41 Å². The Kier molecular flexibility index (Phi) is 10.5. The fourth-order valence-corrected chi connectivity index (χ4v) is 6.72. The van der Waals surface area contributed by atoms with E-state index in [1.807, 2.05) is 0 Å². The number of benzene rings is 3. The van der Waals surface area contributed by atoms with Gasteiger partial charge < -0.3 is 0 Å². The fourth-order valence-electron chi connectivity index (χ4n) is 6.09. The number of fused-ring (bicyclic) bond motifs is 3. The van der Waals surface area contributed by atoms with Crippen LogP contribution < -0.4 is 0 Å². The molecule has 0 nitrogen and oxygen atoms in total. The summed E-state index contributed by atoms with van der Waals surface area (Å²) >= 11 is 7.42. The molecule has 1 aliphatic carbocycles. The van der Waals surface area contributed by atoms with E-state index in [1.54, 1.807) is 5.56 Å². The second kappa shape index (κ2) is 13.8. The van der Waals surface area contributed by atoms with E-state index in [0.29, 0.717) is 0 Å². The highest BCUT2D eigenvalue weighted by Crippen LogP contribution is 2.55. The second-order valence-electron chi connectivity index (χ2n) is 10.5. The Balaban J connectivity index is 1.70. The predicted molar refractivity (Wildman–Crippen MR) is 169 cm³/mol. The first-order valence-electron chi connectivity index (χ1n) is 14.0. The van der Waals surface area contributed by atoms with Crippen LogP contribution in [0, 0.1) is 0 Å². The Morgan fingerprint density at radius 2 is 1.03 bits per heavy atom. The molecule has 194 valence electrons. The molecule has 0 saturated heterocycles. The van der Waals surface area contributed by atoms with E-state index < -0.39 is 0 Å². The first kappa shape index (κ1) is 28.1. The summed E-state index contributed by atoms with van der Waals surface area (Å²) in [5.74, 6) is 0. The smallest absolute Gasteiger partial charge is 0.0215 e. The number of unbranched alkanes of at least 4 members (excludes halogenated alkanes) is 8. The quantitative estimate of drug-likeness (QED) is 0.117. The first-order chi connectivity index (χ1) is 18.1. The highest BCUT2D eigenvalue weighted by Gasteiger charge is 2.42. The van der Waals surface area contributed by atoms with Crippen LogP contribution in [0.5, 0.6) is 0 Å². The van der Waals surface area contributed by atoms with E-state index in [1.165, 1.54) is 96.5 Å². The zero-order chi connectivity index (χ0) is 26.1. The van der Waals surface area contributed by atoms with Gasteiger partial charge in [0.05, 0.1) is 0 Å². The molecule has 0 bridgehead atoms. The van der Waals surface area contributed by atoms with Crippen molar-refractivity contribution in [2.24, 2.45) is 0 Å². The van der Waals surface area contributed by atoms with Crippen molar-refractivity contribution in [1.82, 2.24) is 0 Å². The lowest BCUT2D eigenvalue weighted by atomic mass is 9.70. The lowest BCUT2D eigenvalue weighted by Crippen LogP contribution is -2.25. The molecule has 2 heteroatoms. The molecule has 0 aromatic heterocycles. The Labute approximate surface area is 241 Å². The molecule has 0 radical (unpaired) electrons. The van der Waals surface area contributed by atoms with Crippen LogP contribution in [0.4, 0.5) is 0 Å². The summed E-state index contributed by atoms with van der Waals surface area (Å²) in [6.45, 7) is 7.79. The Hall–Kier alpha value is -1.90. The maximum atomic E-state index is 3.90. The largest absolute Gasteiger partial charge is 0.103 e. The summed E-state index contributed by atoms with van der Waals surface area (Å²) in [6, 6.07) is 22.9. The lowest BCUT2D eigenvalue weighted by molar-refractivity contribution is 0.399. The maximum Gasteiger partial charge on any atom is 0.0215 e. The molecule has 0 fully saturated rings. The summed E-state index contributed by atoms with van der Waals surface area (Å²) in [7, 11) is 0. The van der Waals surface area contributed by atoms with Crippen molar-refractivity contribution in [2.75, 3.05) is 0 Å². The van der Waals surface area contributed by atoms with Crippen molar-refractivity contribution in [3.63, 3.8) is 0 Å². The Morgan fingerprint density at radius 3 is 1.62 bits per heavy atom. The Bertz CT molecular complexity index is 1170. The maximum absolute atomic E-state index is 3.90. The van der Waals surface area contributed by atoms with Crippen molar-refractivity contribution in [3.8, 4) is 22.3 Å². The second-order valence-corrected chi connectivity index (χ2v) is 12.4. The van der Waals surface area contributed by atoms with E-state index in [9.17, 15) is 0 Å². The Morgan fingerprint density at radius 1 is 0.541 bits per heavy atom. The SMILES string of the molecule is C=CCCCCCCC1(CCCCCCC=C)c2cc(Br)ccc2-c2ccc(-c3ccc(Br)cc3)cc21. The minimum absolute atomic E-state index is 0.0801. The van der Waals surface area contributed by atoms with Crippen LogP contribution >= 0.6 is 31.9 Å². The average Bonchev–Trinajstić information content (AvgIpc) is 3.17. The van der Waals surface area contributed by atoms with Gasteiger partial charge in [0.15, 0.2) is 0 Å². The minimum Gasteiger partial charge on any atom is -0.103 e. The molecule has 0 amide bonds. The van der Waals surface area contributed by atoms with Gasteiger partial charge in [-0.15, -0.1) is 13.2 Å². The molecule has 0 N–H and O–H groups in total. The van der Waals surface area contributed by atoms with Gasteiger partial charge in [-0.05, 0) is 102 Å². The van der Waals surface area contributed by atoms with Crippen LogP contribution in [0.15, 0.2) is 94.9 Å². The molecule has 0 aliphatic heterocycles. The van der Waals surface area contributed by atoms with Crippen molar-refractivity contribution in [2.45, 2.75) is 82.5 Å².